The summed E-state index contributed by atoms with van der Waals surface area (Å²) in [4.78, 5) is 0. The quantitative estimate of drug-likeness (QED) is 0.509. The van der Waals surface area contributed by atoms with Gasteiger partial charge < -0.3 is 5.01 Å². The van der Waals surface area contributed by atoms with Gasteiger partial charge >= 0.3 is 0 Å². The Labute approximate surface area is 66.6 Å². The molecular formula is C9H12N2. The maximum absolute atomic E-state index is 5.83. The normalized spacial score (nSPS) is 16.5. The molecule has 0 atom stereocenters. The smallest absolute Gasteiger partial charge is 0.0520 e. The molecule has 2 nitrogen and oxygen atoms in total. The Morgan fingerprint density at radius 1 is 1.18 bits per heavy atom. The van der Waals surface area contributed by atoms with Gasteiger partial charge in [-0.3, -0.25) is 0 Å². The fraction of sp³-hybridized carbons (Fsp3) is 0.333. The summed E-state index contributed by atoms with van der Waals surface area (Å²) in [5.41, 5.74) is 1.12. The number of benzene rings is 1. The van der Waals surface area contributed by atoms with Crippen LogP contribution in [-0.2, 0) is 0 Å². The average Bonchev–Trinajstić information content (AvgIpc) is 2.87. The van der Waals surface area contributed by atoms with Crippen molar-refractivity contribution in [3.63, 3.8) is 0 Å². The van der Waals surface area contributed by atoms with E-state index in [1.807, 2.05) is 35.3 Å². The van der Waals surface area contributed by atoms with Gasteiger partial charge in [0.05, 0.1) is 5.69 Å². The maximum atomic E-state index is 5.83. The number of hydrazine groups is 1. The fourth-order valence-corrected chi connectivity index (χ4v) is 1.16. The Hall–Kier alpha value is -1.02. The molecular weight excluding hydrogens is 136 g/mol. The monoisotopic (exact) mass is 148 g/mol. The largest absolute Gasteiger partial charge is 0.308 e. The van der Waals surface area contributed by atoms with E-state index >= 15 is 0 Å². The van der Waals surface area contributed by atoms with Crippen LogP contribution >= 0.6 is 0 Å². The van der Waals surface area contributed by atoms with Gasteiger partial charge in [0.25, 0.3) is 0 Å². The average molecular weight is 148 g/mol. The molecule has 1 aliphatic carbocycles. The lowest BCUT2D eigenvalue weighted by atomic mass is 10.3. The zero-order valence-electron chi connectivity index (χ0n) is 6.40. The molecule has 0 heterocycles. The summed E-state index contributed by atoms with van der Waals surface area (Å²) in [5, 5.41) is 1.86. The second kappa shape index (κ2) is 2.55. The van der Waals surface area contributed by atoms with Gasteiger partial charge in [-0.05, 0) is 25.0 Å². The van der Waals surface area contributed by atoms with Crippen LogP contribution in [0.1, 0.15) is 12.8 Å². The third-order valence-corrected chi connectivity index (χ3v) is 1.99. The zero-order valence-corrected chi connectivity index (χ0v) is 6.40. The molecule has 2 heteroatoms. The molecule has 0 aliphatic heterocycles. The van der Waals surface area contributed by atoms with Crippen LogP contribution in [0.3, 0.4) is 0 Å². The highest BCUT2D eigenvalue weighted by molar-refractivity contribution is 5.46. The van der Waals surface area contributed by atoms with Crippen LogP contribution in [0.2, 0.25) is 0 Å². The van der Waals surface area contributed by atoms with Crippen molar-refractivity contribution in [1.29, 1.82) is 0 Å². The van der Waals surface area contributed by atoms with Crippen molar-refractivity contribution in [1.82, 2.24) is 0 Å². The number of hydrogen-bond acceptors (Lipinski definition) is 2. The van der Waals surface area contributed by atoms with Crippen molar-refractivity contribution in [2.45, 2.75) is 18.9 Å². The third-order valence-electron chi connectivity index (χ3n) is 1.99. The number of hydrogen-bond donors (Lipinski definition) is 1. The van der Waals surface area contributed by atoms with E-state index in [4.69, 9.17) is 5.84 Å². The Morgan fingerprint density at radius 2 is 1.82 bits per heavy atom. The van der Waals surface area contributed by atoms with Crippen molar-refractivity contribution in [3.05, 3.63) is 30.3 Å². The highest BCUT2D eigenvalue weighted by atomic mass is 15.4. The summed E-state index contributed by atoms with van der Waals surface area (Å²) >= 11 is 0. The van der Waals surface area contributed by atoms with Crippen LogP contribution in [0, 0.1) is 0 Å². The van der Waals surface area contributed by atoms with Crippen molar-refractivity contribution >= 4 is 5.69 Å². The van der Waals surface area contributed by atoms with E-state index in [2.05, 4.69) is 0 Å². The molecule has 1 aromatic rings. The highest BCUT2D eigenvalue weighted by Crippen LogP contribution is 2.28. The third kappa shape index (κ3) is 1.35. The van der Waals surface area contributed by atoms with Crippen LogP contribution in [0.25, 0.3) is 0 Å². The lowest BCUT2D eigenvalue weighted by Gasteiger charge is -2.17. The van der Waals surface area contributed by atoms with Gasteiger partial charge in [0.2, 0.25) is 0 Å². The minimum atomic E-state index is 0.595. The summed E-state index contributed by atoms with van der Waals surface area (Å²) in [7, 11) is 0. The Kier molecular flexibility index (Phi) is 1.55. The number of nitrogens with zero attached hydrogens (tertiary/aromatic N) is 1. The Bertz CT molecular complexity index is 229. The molecule has 0 bridgehead atoms. The fourth-order valence-electron chi connectivity index (χ4n) is 1.16. The summed E-state index contributed by atoms with van der Waals surface area (Å²) in [5.74, 6) is 5.83. The van der Waals surface area contributed by atoms with E-state index in [1.165, 1.54) is 12.8 Å². The molecule has 58 valence electrons. The molecule has 0 unspecified atom stereocenters. The maximum Gasteiger partial charge on any atom is 0.0520 e. The summed E-state index contributed by atoms with van der Waals surface area (Å²) in [6.45, 7) is 0. The van der Waals surface area contributed by atoms with Gasteiger partial charge in [0.1, 0.15) is 0 Å². The number of rotatable bonds is 2. The van der Waals surface area contributed by atoms with E-state index in [9.17, 15) is 0 Å². The molecule has 0 amide bonds. The minimum Gasteiger partial charge on any atom is -0.308 e. The molecule has 1 saturated carbocycles. The SMILES string of the molecule is NN(c1ccccc1)C1CC1. The molecule has 0 spiro atoms. The molecule has 0 radical (unpaired) electrons. The molecule has 1 aliphatic rings. The second-order valence-corrected chi connectivity index (χ2v) is 2.97. The van der Waals surface area contributed by atoms with Gasteiger partial charge in [0, 0.05) is 6.04 Å². The van der Waals surface area contributed by atoms with Gasteiger partial charge in [0.15, 0.2) is 0 Å². The molecule has 1 aromatic carbocycles. The first-order valence-corrected chi connectivity index (χ1v) is 3.97. The van der Waals surface area contributed by atoms with Crippen molar-refractivity contribution in [3.8, 4) is 0 Å². The predicted octanol–water partition coefficient (Wildman–Crippen LogP) is 1.53. The summed E-state index contributed by atoms with van der Waals surface area (Å²) in [6, 6.07) is 10.7. The number of nitrogens with two attached hydrogens (primary N) is 1. The van der Waals surface area contributed by atoms with E-state index in [0.717, 1.165) is 5.69 Å². The van der Waals surface area contributed by atoms with Gasteiger partial charge in [-0.25, -0.2) is 5.84 Å². The van der Waals surface area contributed by atoms with Gasteiger partial charge in [-0.2, -0.15) is 0 Å². The Morgan fingerprint density at radius 3 is 2.36 bits per heavy atom. The molecule has 2 N–H and O–H groups in total. The van der Waals surface area contributed by atoms with E-state index in [0.29, 0.717) is 6.04 Å². The highest BCUT2D eigenvalue weighted by Gasteiger charge is 2.26. The number of anilines is 1. The van der Waals surface area contributed by atoms with E-state index < -0.39 is 0 Å². The molecule has 11 heavy (non-hydrogen) atoms. The number of para-hydroxylation sites is 1. The van der Waals surface area contributed by atoms with Crippen LogP contribution in [0.4, 0.5) is 5.69 Å². The standard InChI is InChI=1S/C9H12N2/c10-11(9-6-7-9)8-4-2-1-3-5-8/h1-5,9H,6-7,10H2. The first kappa shape index (κ1) is 6.68. The van der Waals surface area contributed by atoms with Crippen LogP contribution < -0.4 is 10.9 Å². The lowest BCUT2D eigenvalue weighted by Crippen LogP contribution is -2.32. The van der Waals surface area contributed by atoms with Crippen LogP contribution in [0.5, 0.6) is 0 Å². The summed E-state index contributed by atoms with van der Waals surface area (Å²) in [6.07, 6.45) is 2.48. The van der Waals surface area contributed by atoms with E-state index in [1.54, 1.807) is 0 Å². The Balaban J connectivity index is 2.15. The van der Waals surface area contributed by atoms with E-state index in [-0.39, 0.29) is 0 Å². The molecule has 1 fully saturated rings. The van der Waals surface area contributed by atoms with Gasteiger partial charge in [-0.1, -0.05) is 18.2 Å². The van der Waals surface area contributed by atoms with Crippen molar-refractivity contribution < 1.29 is 0 Å². The minimum absolute atomic E-state index is 0.595. The van der Waals surface area contributed by atoms with Crippen molar-refractivity contribution in [2.75, 3.05) is 5.01 Å². The van der Waals surface area contributed by atoms with Crippen LogP contribution in [-0.4, -0.2) is 6.04 Å². The zero-order chi connectivity index (χ0) is 7.68. The first-order valence-electron chi connectivity index (χ1n) is 3.97. The molecule has 0 aromatic heterocycles. The van der Waals surface area contributed by atoms with Crippen molar-refractivity contribution in [2.24, 2.45) is 5.84 Å². The van der Waals surface area contributed by atoms with Crippen LogP contribution in [0.15, 0.2) is 30.3 Å². The predicted molar refractivity (Wildman–Crippen MR) is 46.1 cm³/mol. The van der Waals surface area contributed by atoms with Gasteiger partial charge in [-0.15, -0.1) is 0 Å². The first-order chi connectivity index (χ1) is 5.38. The second-order valence-electron chi connectivity index (χ2n) is 2.97. The summed E-state index contributed by atoms with van der Waals surface area (Å²) < 4.78 is 0. The lowest BCUT2D eigenvalue weighted by molar-refractivity contribution is 0.847. The molecule has 2 rings (SSSR count). The topological polar surface area (TPSA) is 29.3 Å². The molecule has 0 saturated heterocycles.